The molecule has 6 nitrogen and oxygen atoms in total. The fourth-order valence-electron chi connectivity index (χ4n) is 1.88. The SMILES string of the molecule is COCC(N)C(=O)Nc1cnn(-c2ccccc2F)c1C.Cl. The van der Waals surface area contributed by atoms with Crippen molar-refractivity contribution in [3.05, 3.63) is 42.0 Å². The summed E-state index contributed by atoms with van der Waals surface area (Å²) in [6, 6.07) is 5.50. The number of anilines is 1. The van der Waals surface area contributed by atoms with Crippen LogP contribution in [0.3, 0.4) is 0 Å². The molecule has 0 saturated carbocycles. The van der Waals surface area contributed by atoms with Crippen LogP contribution < -0.4 is 11.1 Å². The molecular weight excluding hydrogens is 311 g/mol. The summed E-state index contributed by atoms with van der Waals surface area (Å²) in [5.74, 6) is -0.773. The summed E-state index contributed by atoms with van der Waals surface area (Å²) in [5.41, 5.74) is 7.05. The van der Waals surface area contributed by atoms with E-state index in [9.17, 15) is 9.18 Å². The summed E-state index contributed by atoms with van der Waals surface area (Å²) in [5, 5.41) is 6.75. The lowest BCUT2D eigenvalue weighted by atomic mass is 10.2. The Bertz CT molecular complexity index is 648. The number of carbonyl (C=O) groups is 1. The quantitative estimate of drug-likeness (QED) is 0.874. The fraction of sp³-hybridized carbons (Fsp3) is 0.286. The third-order valence-corrected chi connectivity index (χ3v) is 3.03. The second kappa shape index (κ2) is 7.88. The van der Waals surface area contributed by atoms with Crippen LogP contribution in [0, 0.1) is 12.7 Å². The highest BCUT2D eigenvalue weighted by molar-refractivity contribution is 5.95. The summed E-state index contributed by atoms with van der Waals surface area (Å²) in [6.45, 7) is 1.85. The number of aromatic nitrogens is 2. The molecule has 0 fully saturated rings. The van der Waals surface area contributed by atoms with Crippen LogP contribution in [0.2, 0.25) is 0 Å². The van der Waals surface area contributed by atoms with Gasteiger partial charge in [-0.1, -0.05) is 12.1 Å². The van der Waals surface area contributed by atoms with Gasteiger partial charge in [-0.3, -0.25) is 4.79 Å². The summed E-state index contributed by atoms with van der Waals surface area (Å²) < 4.78 is 20.0. The van der Waals surface area contributed by atoms with Gasteiger partial charge in [0, 0.05) is 7.11 Å². The number of rotatable bonds is 5. The lowest BCUT2D eigenvalue weighted by Crippen LogP contribution is -2.39. The minimum Gasteiger partial charge on any atom is -0.383 e. The maximum absolute atomic E-state index is 13.8. The van der Waals surface area contributed by atoms with Crippen LogP contribution in [0.4, 0.5) is 10.1 Å². The van der Waals surface area contributed by atoms with Crippen molar-refractivity contribution in [3.63, 3.8) is 0 Å². The van der Waals surface area contributed by atoms with Crippen LogP contribution in [-0.2, 0) is 9.53 Å². The molecule has 1 aromatic heterocycles. The van der Waals surface area contributed by atoms with Crippen molar-refractivity contribution in [1.82, 2.24) is 9.78 Å². The Morgan fingerprint density at radius 2 is 2.18 bits per heavy atom. The standard InChI is InChI=1S/C14H17FN4O2.ClH/c1-9-12(18-14(20)11(16)8-21-2)7-17-19(9)13-6-4-3-5-10(13)15;/h3-7,11H,8,16H2,1-2H3,(H,18,20);1H. The van der Waals surface area contributed by atoms with Crippen LogP contribution in [0.15, 0.2) is 30.5 Å². The van der Waals surface area contributed by atoms with E-state index in [1.807, 2.05) is 0 Å². The molecule has 0 aliphatic rings. The summed E-state index contributed by atoms with van der Waals surface area (Å²) in [6.07, 6.45) is 1.46. The molecule has 120 valence electrons. The zero-order chi connectivity index (χ0) is 15.4. The number of benzene rings is 1. The first-order chi connectivity index (χ1) is 10.0. The molecule has 0 spiro atoms. The second-order valence-electron chi connectivity index (χ2n) is 4.56. The van der Waals surface area contributed by atoms with Crippen molar-refractivity contribution < 1.29 is 13.9 Å². The number of hydrogen-bond donors (Lipinski definition) is 2. The molecule has 1 aromatic carbocycles. The van der Waals surface area contributed by atoms with E-state index in [1.54, 1.807) is 25.1 Å². The zero-order valence-electron chi connectivity index (χ0n) is 12.2. The van der Waals surface area contributed by atoms with Crippen LogP contribution in [0.1, 0.15) is 5.69 Å². The lowest BCUT2D eigenvalue weighted by molar-refractivity contribution is -0.118. The van der Waals surface area contributed by atoms with Crippen molar-refractivity contribution in [2.24, 2.45) is 5.73 Å². The van der Waals surface area contributed by atoms with Crippen molar-refractivity contribution in [2.45, 2.75) is 13.0 Å². The third kappa shape index (κ3) is 3.82. The first kappa shape index (κ1) is 18.1. The van der Waals surface area contributed by atoms with Gasteiger partial charge in [0.15, 0.2) is 0 Å². The second-order valence-corrected chi connectivity index (χ2v) is 4.56. The molecule has 22 heavy (non-hydrogen) atoms. The Kier molecular flexibility index (Phi) is 6.48. The number of nitrogens with two attached hydrogens (primary N) is 1. The van der Waals surface area contributed by atoms with E-state index in [-0.39, 0.29) is 24.9 Å². The predicted octanol–water partition coefficient (Wildman–Crippen LogP) is 1.65. The molecule has 8 heteroatoms. The van der Waals surface area contributed by atoms with Crippen LogP contribution >= 0.6 is 12.4 Å². The molecule has 2 aromatic rings. The smallest absolute Gasteiger partial charge is 0.243 e. The van der Waals surface area contributed by atoms with Gasteiger partial charge in [0.05, 0.1) is 24.2 Å². The minimum absolute atomic E-state index is 0. The number of carbonyl (C=O) groups excluding carboxylic acids is 1. The van der Waals surface area contributed by atoms with E-state index < -0.39 is 11.9 Å². The van der Waals surface area contributed by atoms with Gasteiger partial charge in [0.1, 0.15) is 17.5 Å². The summed E-state index contributed by atoms with van der Waals surface area (Å²) in [7, 11) is 1.47. The molecule has 1 heterocycles. The highest BCUT2D eigenvalue weighted by Crippen LogP contribution is 2.20. The van der Waals surface area contributed by atoms with Gasteiger partial charge in [-0.05, 0) is 19.1 Å². The summed E-state index contributed by atoms with van der Waals surface area (Å²) in [4.78, 5) is 11.8. The normalized spacial score (nSPS) is 11.6. The van der Waals surface area contributed by atoms with Crippen molar-refractivity contribution in [2.75, 3.05) is 19.0 Å². The van der Waals surface area contributed by atoms with Crippen molar-refractivity contribution in [3.8, 4) is 5.69 Å². The molecule has 1 unspecified atom stereocenters. The van der Waals surface area contributed by atoms with E-state index >= 15 is 0 Å². The van der Waals surface area contributed by atoms with E-state index in [2.05, 4.69) is 10.4 Å². The number of nitrogens with one attached hydrogen (secondary N) is 1. The molecule has 0 radical (unpaired) electrons. The number of hydrogen-bond acceptors (Lipinski definition) is 4. The van der Waals surface area contributed by atoms with Gasteiger partial charge >= 0.3 is 0 Å². The van der Waals surface area contributed by atoms with Crippen LogP contribution in [0.5, 0.6) is 0 Å². The van der Waals surface area contributed by atoms with Gasteiger partial charge in [0.25, 0.3) is 0 Å². The first-order valence-electron chi connectivity index (χ1n) is 6.39. The van der Waals surface area contributed by atoms with Gasteiger partial charge in [-0.2, -0.15) is 5.10 Å². The Morgan fingerprint density at radius 3 is 2.82 bits per heavy atom. The topological polar surface area (TPSA) is 82.2 Å². The van der Waals surface area contributed by atoms with Crippen LogP contribution in [0.25, 0.3) is 5.69 Å². The van der Waals surface area contributed by atoms with E-state index in [4.69, 9.17) is 10.5 Å². The largest absolute Gasteiger partial charge is 0.383 e. The van der Waals surface area contributed by atoms with E-state index in [1.165, 1.54) is 24.1 Å². The summed E-state index contributed by atoms with van der Waals surface area (Å²) >= 11 is 0. The fourth-order valence-corrected chi connectivity index (χ4v) is 1.88. The number of nitrogens with zero attached hydrogens (tertiary/aromatic N) is 2. The third-order valence-electron chi connectivity index (χ3n) is 3.03. The molecule has 0 bridgehead atoms. The monoisotopic (exact) mass is 328 g/mol. The Hall–Kier alpha value is -1.96. The van der Waals surface area contributed by atoms with E-state index in [0.717, 1.165) is 0 Å². The molecular formula is C14H18ClFN4O2. The number of amides is 1. The molecule has 1 atom stereocenters. The zero-order valence-corrected chi connectivity index (χ0v) is 13.1. The van der Waals surface area contributed by atoms with Crippen molar-refractivity contribution in [1.29, 1.82) is 0 Å². The average molecular weight is 329 g/mol. The van der Waals surface area contributed by atoms with Gasteiger partial charge in [-0.15, -0.1) is 12.4 Å². The minimum atomic E-state index is -0.772. The molecule has 0 saturated heterocycles. The van der Waals surface area contributed by atoms with Crippen molar-refractivity contribution >= 4 is 24.0 Å². The Labute approximate surface area is 133 Å². The Balaban J connectivity index is 0.00000242. The Morgan fingerprint density at radius 1 is 1.50 bits per heavy atom. The average Bonchev–Trinajstić information content (AvgIpc) is 2.81. The van der Waals surface area contributed by atoms with Gasteiger partial charge < -0.3 is 15.8 Å². The maximum atomic E-state index is 13.8. The number of halogens is 2. The number of methoxy groups -OCH3 is 1. The predicted molar refractivity (Wildman–Crippen MR) is 84.0 cm³/mol. The van der Waals surface area contributed by atoms with Crippen LogP contribution in [-0.4, -0.2) is 35.4 Å². The highest BCUT2D eigenvalue weighted by Gasteiger charge is 2.17. The van der Waals surface area contributed by atoms with Gasteiger partial charge in [-0.25, -0.2) is 9.07 Å². The number of ether oxygens (including phenoxy) is 1. The molecule has 3 N–H and O–H groups in total. The maximum Gasteiger partial charge on any atom is 0.243 e. The molecule has 2 rings (SSSR count). The molecule has 1 amide bonds. The number of para-hydroxylation sites is 1. The molecule has 0 aliphatic carbocycles. The molecule has 0 aliphatic heterocycles. The first-order valence-corrected chi connectivity index (χ1v) is 6.39. The lowest BCUT2D eigenvalue weighted by Gasteiger charge is -2.11. The highest BCUT2D eigenvalue weighted by atomic mass is 35.5. The van der Waals surface area contributed by atoms with Gasteiger partial charge in [0.2, 0.25) is 5.91 Å². The van der Waals surface area contributed by atoms with E-state index in [0.29, 0.717) is 17.1 Å².